The number of anilines is 2. The predicted octanol–water partition coefficient (Wildman–Crippen LogP) is 3.68. The smallest absolute Gasteiger partial charge is 0.337 e. The van der Waals surface area contributed by atoms with Crippen molar-refractivity contribution >= 4 is 23.3 Å². The molecule has 0 aliphatic heterocycles. The third-order valence-corrected chi connectivity index (χ3v) is 3.97. The number of ether oxygens (including phenoxy) is 1. The molecule has 0 aliphatic rings. The molecule has 6 nitrogen and oxygen atoms in total. The number of halogens is 1. The molecule has 28 heavy (non-hydrogen) atoms. The summed E-state index contributed by atoms with van der Waals surface area (Å²) >= 11 is 0. The van der Waals surface area contributed by atoms with Crippen molar-refractivity contribution in [3.63, 3.8) is 0 Å². The zero-order valence-electron chi connectivity index (χ0n) is 15.1. The molecule has 2 aromatic carbocycles. The van der Waals surface area contributed by atoms with Crippen molar-refractivity contribution in [2.24, 2.45) is 0 Å². The van der Waals surface area contributed by atoms with Crippen LogP contribution >= 0.6 is 0 Å². The van der Waals surface area contributed by atoms with Crippen LogP contribution in [0.15, 0.2) is 66.9 Å². The van der Waals surface area contributed by atoms with Crippen LogP contribution in [0.3, 0.4) is 0 Å². The second-order valence-corrected chi connectivity index (χ2v) is 5.90. The van der Waals surface area contributed by atoms with Crippen LogP contribution in [0.2, 0.25) is 0 Å². The van der Waals surface area contributed by atoms with Gasteiger partial charge in [0, 0.05) is 17.8 Å². The summed E-state index contributed by atoms with van der Waals surface area (Å²) in [4.78, 5) is 27.9. The van der Waals surface area contributed by atoms with Gasteiger partial charge in [0.1, 0.15) is 11.5 Å². The topological polar surface area (TPSA) is 80.3 Å². The molecule has 3 aromatic rings. The van der Waals surface area contributed by atoms with Crippen LogP contribution in [-0.4, -0.2) is 24.0 Å². The minimum Gasteiger partial charge on any atom is -0.465 e. The van der Waals surface area contributed by atoms with Gasteiger partial charge in [-0.3, -0.25) is 4.79 Å². The minimum absolute atomic E-state index is 0.0769. The number of nitrogens with one attached hydrogen (secondary N) is 2. The van der Waals surface area contributed by atoms with Gasteiger partial charge in [-0.05, 0) is 36.4 Å². The summed E-state index contributed by atoms with van der Waals surface area (Å²) in [6, 6.07) is 16.3. The molecule has 0 unspecified atom stereocenters. The molecule has 142 valence electrons. The van der Waals surface area contributed by atoms with Crippen LogP contribution in [0.25, 0.3) is 0 Å². The summed E-state index contributed by atoms with van der Waals surface area (Å²) in [6.07, 6.45) is 1.50. The number of esters is 1. The van der Waals surface area contributed by atoms with E-state index in [9.17, 15) is 14.0 Å². The van der Waals surface area contributed by atoms with Gasteiger partial charge in [0.25, 0.3) is 5.91 Å². The van der Waals surface area contributed by atoms with Gasteiger partial charge in [0.2, 0.25) is 0 Å². The Morgan fingerprint density at radius 3 is 2.57 bits per heavy atom. The molecule has 0 atom stereocenters. The summed E-state index contributed by atoms with van der Waals surface area (Å²) in [6.45, 7) is 0.0769. The van der Waals surface area contributed by atoms with E-state index in [0.29, 0.717) is 22.5 Å². The molecule has 2 N–H and O–H groups in total. The molecule has 0 fully saturated rings. The normalized spacial score (nSPS) is 10.2. The minimum atomic E-state index is -0.427. The number of methoxy groups -OCH3 is 1. The molecular weight excluding hydrogens is 361 g/mol. The number of carbonyl (C=O) groups is 2. The Labute approximate surface area is 161 Å². The molecule has 0 saturated carbocycles. The predicted molar refractivity (Wildman–Crippen MR) is 103 cm³/mol. The Kier molecular flexibility index (Phi) is 5.96. The zero-order chi connectivity index (χ0) is 19.9. The molecule has 0 saturated heterocycles. The molecule has 3 rings (SSSR count). The zero-order valence-corrected chi connectivity index (χ0v) is 15.1. The Bertz CT molecular complexity index is 990. The average Bonchev–Trinajstić information content (AvgIpc) is 2.73. The summed E-state index contributed by atoms with van der Waals surface area (Å²) < 4.78 is 18.3. The van der Waals surface area contributed by atoms with Crippen molar-refractivity contribution in [2.75, 3.05) is 12.4 Å². The van der Waals surface area contributed by atoms with E-state index < -0.39 is 11.9 Å². The molecule has 0 aliphatic carbocycles. The Morgan fingerprint density at radius 1 is 1.04 bits per heavy atom. The maximum Gasteiger partial charge on any atom is 0.337 e. The van der Waals surface area contributed by atoms with Crippen molar-refractivity contribution in [3.8, 4) is 0 Å². The van der Waals surface area contributed by atoms with Crippen molar-refractivity contribution in [2.45, 2.75) is 6.54 Å². The summed E-state index contributed by atoms with van der Waals surface area (Å²) in [5.41, 5.74) is 2.36. The number of nitrogens with zero attached hydrogens (tertiary/aromatic N) is 1. The highest BCUT2D eigenvalue weighted by Crippen LogP contribution is 2.18. The van der Waals surface area contributed by atoms with Crippen LogP contribution in [0.5, 0.6) is 0 Å². The van der Waals surface area contributed by atoms with E-state index in [1.54, 1.807) is 54.6 Å². The fourth-order valence-corrected chi connectivity index (χ4v) is 2.52. The van der Waals surface area contributed by atoms with E-state index in [0.717, 1.165) is 0 Å². The Hall–Kier alpha value is -3.74. The van der Waals surface area contributed by atoms with Crippen molar-refractivity contribution in [1.82, 2.24) is 10.3 Å². The molecule has 1 aromatic heterocycles. The fraction of sp³-hybridized carbons (Fsp3) is 0.0952. The van der Waals surface area contributed by atoms with Crippen LogP contribution in [0, 0.1) is 5.82 Å². The van der Waals surface area contributed by atoms with Crippen molar-refractivity contribution in [3.05, 3.63) is 89.5 Å². The average molecular weight is 379 g/mol. The van der Waals surface area contributed by atoms with Crippen LogP contribution < -0.4 is 10.6 Å². The lowest BCUT2D eigenvalue weighted by atomic mass is 10.2. The maximum absolute atomic E-state index is 13.6. The van der Waals surface area contributed by atoms with Gasteiger partial charge in [0.05, 0.1) is 24.6 Å². The molecule has 1 amide bonds. The second-order valence-electron chi connectivity index (χ2n) is 5.90. The van der Waals surface area contributed by atoms with E-state index in [-0.39, 0.29) is 18.1 Å². The Balaban J connectivity index is 1.62. The lowest BCUT2D eigenvalue weighted by molar-refractivity contribution is 0.0600. The summed E-state index contributed by atoms with van der Waals surface area (Å²) in [7, 11) is 1.32. The van der Waals surface area contributed by atoms with E-state index in [4.69, 9.17) is 4.74 Å². The molecule has 7 heteroatoms. The van der Waals surface area contributed by atoms with Gasteiger partial charge in [0.15, 0.2) is 0 Å². The van der Waals surface area contributed by atoms with Gasteiger partial charge in [-0.25, -0.2) is 14.2 Å². The highest BCUT2D eigenvalue weighted by Gasteiger charge is 2.09. The number of hydrogen-bond donors (Lipinski definition) is 2. The first-order valence-electron chi connectivity index (χ1n) is 8.50. The quantitative estimate of drug-likeness (QED) is 0.639. The lowest BCUT2D eigenvalue weighted by Gasteiger charge is -2.09. The SMILES string of the molecule is COC(=O)c1cccc(Nc2ccc(C(=O)NCc3ccccc3F)nc2)c1. The number of carbonyl (C=O) groups excluding carboxylic acids is 2. The largest absolute Gasteiger partial charge is 0.465 e. The van der Waals surface area contributed by atoms with Gasteiger partial charge in [-0.1, -0.05) is 24.3 Å². The van der Waals surface area contributed by atoms with Gasteiger partial charge < -0.3 is 15.4 Å². The lowest BCUT2D eigenvalue weighted by Crippen LogP contribution is -2.24. The van der Waals surface area contributed by atoms with Gasteiger partial charge in [-0.2, -0.15) is 0 Å². The monoisotopic (exact) mass is 379 g/mol. The fourth-order valence-electron chi connectivity index (χ4n) is 2.52. The summed E-state index contributed by atoms with van der Waals surface area (Å²) in [5.74, 6) is -1.20. The molecule has 0 radical (unpaired) electrons. The number of pyridine rings is 1. The van der Waals surface area contributed by atoms with Gasteiger partial charge in [-0.15, -0.1) is 0 Å². The number of aromatic nitrogens is 1. The van der Waals surface area contributed by atoms with Gasteiger partial charge >= 0.3 is 5.97 Å². The first-order chi connectivity index (χ1) is 13.6. The third kappa shape index (κ3) is 4.70. The van der Waals surface area contributed by atoms with E-state index in [1.165, 1.54) is 19.4 Å². The molecule has 0 bridgehead atoms. The van der Waals surface area contributed by atoms with E-state index in [1.807, 2.05) is 0 Å². The third-order valence-electron chi connectivity index (χ3n) is 3.97. The maximum atomic E-state index is 13.6. The van der Waals surface area contributed by atoms with E-state index in [2.05, 4.69) is 15.6 Å². The Morgan fingerprint density at radius 2 is 1.86 bits per heavy atom. The van der Waals surface area contributed by atoms with Crippen LogP contribution in [0.1, 0.15) is 26.4 Å². The van der Waals surface area contributed by atoms with Crippen LogP contribution in [0.4, 0.5) is 15.8 Å². The second kappa shape index (κ2) is 8.77. The number of amides is 1. The van der Waals surface area contributed by atoms with Crippen LogP contribution in [-0.2, 0) is 11.3 Å². The number of hydrogen-bond acceptors (Lipinski definition) is 5. The number of benzene rings is 2. The summed E-state index contributed by atoms with van der Waals surface area (Å²) in [5, 5.41) is 5.74. The first-order valence-corrected chi connectivity index (χ1v) is 8.50. The molecule has 1 heterocycles. The highest BCUT2D eigenvalue weighted by atomic mass is 19.1. The molecular formula is C21H18FN3O3. The van der Waals surface area contributed by atoms with E-state index >= 15 is 0 Å². The van der Waals surface area contributed by atoms with Crippen molar-refractivity contribution < 1.29 is 18.7 Å². The van der Waals surface area contributed by atoms with Crippen molar-refractivity contribution in [1.29, 1.82) is 0 Å². The number of rotatable bonds is 6. The standard InChI is InChI=1S/C21H18FN3O3/c1-28-21(27)14-6-4-7-16(11-14)25-17-9-10-19(23-13-17)20(26)24-12-15-5-2-3-8-18(15)22/h2-11,13,25H,12H2,1H3,(H,24,26). The molecule has 0 spiro atoms. The first kappa shape index (κ1) is 19.0. The highest BCUT2D eigenvalue weighted by molar-refractivity contribution is 5.92.